The van der Waals surface area contributed by atoms with Crippen molar-refractivity contribution >= 4 is 0 Å². The van der Waals surface area contributed by atoms with E-state index in [0.29, 0.717) is 16.9 Å². The zero-order valence-electron chi connectivity index (χ0n) is 20.4. The molecule has 4 aliphatic carbocycles. The highest BCUT2D eigenvalue weighted by Crippen LogP contribution is 2.67. The molecule has 1 aromatic rings. The van der Waals surface area contributed by atoms with Crippen molar-refractivity contribution in [1.82, 2.24) is 0 Å². The van der Waals surface area contributed by atoms with Crippen LogP contribution in [0.5, 0.6) is 0 Å². The van der Waals surface area contributed by atoms with Gasteiger partial charge in [0.25, 0.3) is 0 Å². The van der Waals surface area contributed by atoms with Crippen LogP contribution in [0.1, 0.15) is 91.0 Å². The molecule has 3 saturated carbocycles. The summed E-state index contributed by atoms with van der Waals surface area (Å²) in [4.78, 5) is 0. The lowest BCUT2D eigenvalue weighted by atomic mass is 9.47. The monoisotopic (exact) mass is 420 g/mol. The van der Waals surface area contributed by atoms with Crippen LogP contribution in [0.3, 0.4) is 0 Å². The second-order valence-electron chi connectivity index (χ2n) is 12.0. The van der Waals surface area contributed by atoms with Crippen LogP contribution in [-0.4, -0.2) is 6.10 Å². The first-order valence-corrected chi connectivity index (χ1v) is 13.3. The third-order valence-corrected chi connectivity index (χ3v) is 10.8. The molecule has 0 radical (unpaired) electrons. The van der Waals surface area contributed by atoms with Crippen molar-refractivity contribution in [2.24, 2.45) is 40.4 Å². The number of hydrogen-bond acceptors (Lipinski definition) is 1. The molecule has 0 aromatic heterocycles. The molecule has 8 atom stereocenters. The Kier molecular flexibility index (Phi) is 5.87. The summed E-state index contributed by atoms with van der Waals surface area (Å²) in [7, 11) is 0. The lowest BCUT2D eigenvalue weighted by molar-refractivity contribution is -0.0653. The van der Waals surface area contributed by atoms with Crippen LogP contribution in [0.15, 0.2) is 42.0 Å². The molecule has 0 N–H and O–H groups in total. The van der Waals surface area contributed by atoms with Crippen LogP contribution in [-0.2, 0) is 11.3 Å². The Hall–Kier alpha value is -1.08. The van der Waals surface area contributed by atoms with Crippen molar-refractivity contribution in [2.75, 3.05) is 0 Å². The van der Waals surface area contributed by atoms with Gasteiger partial charge < -0.3 is 4.74 Å². The van der Waals surface area contributed by atoms with E-state index in [9.17, 15) is 0 Å². The van der Waals surface area contributed by atoms with Gasteiger partial charge in [0.05, 0.1) is 12.7 Å². The minimum atomic E-state index is 0.409. The fourth-order valence-electron chi connectivity index (χ4n) is 8.82. The van der Waals surface area contributed by atoms with Gasteiger partial charge >= 0.3 is 0 Å². The van der Waals surface area contributed by atoms with E-state index in [-0.39, 0.29) is 0 Å². The van der Waals surface area contributed by atoms with E-state index in [1.54, 1.807) is 5.57 Å². The Morgan fingerprint density at radius 1 is 1.00 bits per heavy atom. The SMILES string of the molecule is CC[C@H](C)[C@H]1CC[C@H]2[C@@H]3CC=C4C[C@@H](OCc5ccccc5)CC[C@]4(C)[C@H]3CC[C@]12C. The lowest BCUT2D eigenvalue weighted by Gasteiger charge is -2.58. The number of fused-ring (bicyclic) bond motifs is 5. The third-order valence-electron chi connectivity index (χ3n) is 10.8. The van der Waals surface area contributed by atoms with Crippen LogP contribution in [0.25, 0.3) is 0 Å². The molecule has 0 spiro atoms. The van der Waals surface area contributed by atoms with E-state index < -0.39 is 0 Å². The van der Waals surface area contributed by atoms with Crippen LogP contribution < -0.4 is 0 Å². The van der Waals surface area contributed by atoms with Gasteiger partial charge in [-0.1, -0.05) is 76.1 Å². The normalized spacial score (nSPS) is 42.8. The van der Waals surface area contributed by atoms with Crippen LogP contribution >= 0.6 is 0 Å². The van der Waals surface area contributed by atoms with Crippen LogP contribution in [0.2, 0.25) is 0 Å². The number of ether oxygens (including phenoxy) is 1. The Labute approximate surface area is 191 Å². The Morgan fingerprint density at radius 3 is 2.58 bits per heavy atom. The number of allylic oxidation sites excluding steroid dienone is 1. The summed E-state index contributed by atoms with van der Waals surface area (Å²) < 4.78 is 6.40. The molecular weight excluding hydrogens is 376 g/mol. The number of hydrogen-bond donors (Lipinski definition) is 0. The summed E-state index contributed by atoms with van der Waals surface area (Å²) in [6.45, 7) is 11.0. The summed E-state index contributed by atoms with van der Waals surface area (Å²) in [6.07, 6.45) is 15.5. The quantitative estimate of drug-likeness (QED) is 0.436. The van der Waals surface area contributed by atoms with Crippen LogP contribution in [0.4, 0.5) is 0 Å². The average molecular weight is 421 g/mol. The molecule has 1 nitrogen and oxygen atoms in total. The molecule has 0 heterocycles. The molecule has 0 unspecified atom stereocenters. The first-order chi connectivity index (χ1) is 15.0. The topological polar surface area (TPSA) is 9.23 Å². The van der Waals surface area contributed by atoms with E-state index in [2.05, 4.69) is 64.1 Å². The summed E-state index contributed by atoms with van der Waals surface area (Å²) >= 11 is 0. The highest BCUT2D eigenvalue weighted by Gasteiger charge is 2.59. The third kappa shape index (κ3) is 3.64. The van der Waals surface area contributed by atoms with E-state index in [0.717, 1.165) is 36.2 Å². The maximum atomic E-state index is 6.40. The summed E-state index contributed by atoms with van der Waals surface area (Å²) in [5.74, 6) is 4.67. The summed E-state index contributed by atoms with van der Waals surface area (Å²) in [5, 5.41) is 0. The molecule has 1 aromatic carbocycles. The van der Waals surface area contributed by atoms with Crippen LogP contribution in [0, 0.1) is 40.4 Å². The molecule has 31 heavy (non-hydrogen) atoms. The van der Waals surface area contributed by atoms with Gasteiger partial charge in [0, 0.05) is 0 Å². The molecule has 0 aliphatic heterocycles. The average Bonchev–Trinajstić information content (AvgIpc) is 3.15. The summed E-state index contributed by atoms with van der Waals surface area (Å²) in [6, 6.07) is 10.7. The number of rotatable bonds is 5. The molecule has 3 fully saturated rings. The first kappa shape index (κ1) is 21.7. The van der Waals surface area contributed by atoms with Gasteiger partial charge in [-0.2, -0.15) is 0 Å². The van der Waals surface area contributed by atoms with Crippen molar-refractivity contribution in [3.05, 3.63) is 47.5 Å². The largest absolute Gasteiger partial charge is 0.373 e. The van der Waals surface area contributed by atoms with Crippen molar-refractivity contribution in [3.8, 4) is 0 Å². The second-order valence-corrected chi connectivity index (χ2v) is 12.0. The predicted octanol–water partition coefficient (Wildman–Crippen LogP) is 8.20. The van der Waals surface area contributed by atoms with E-state index in [4.69, 9.17) is 4.74 Å². The Morgan fingerprint density at radius 2 is 1.81 bits per heavy atom. The molecule has 0 bridgehead atoms. The maximum absolute atomic E-state index is 6.40. The van der Waals surface area contributed by atoms with E-state index in [1.807, 2.05) is 0 Å². The molecular formula is C30H44O. The standard InChI is InChI=1S/C30H44O/c1-5-21(2)26-13-14-27-25-12-11-23-19-24(31-20-22-9-7-6-8-10-22)15-17-29(23,3)28(25)16-18-30(26,27)4/h6-11,21,24-28H,5,12-20H2,1-4H3/t21-,24-,25-,26+,27-,28-,29-,30+/m0/s1. The van der Waals surface area contributed by atoms with Crippen molar-refractivity contribution in [2.45, 2.75) is 98.2 Å². The van der Waals surface area contributed by atoms with Gasteiger partial charge in [0.15, 0.2) is 0 Å². The lowest BCUT2D eigenvalue weighted by Crippen LogP contribution is -2.51. The Balaban J connectivity index is 1.29. The minimum Gasteiger partial charge on any atom is -0.373 e. The van der Waals surface area contributed by atoms with Gasteiger partial charge in [0.2, 0.25) is 0 Å². The molecule has 170 valence electrons. The van der Waals surface area contributed by atoms with Gasteiger partial charge in [-0.05, 0) is 97.3 Å². The van der Waals surface area contributed by atoms with Gasteiger partial charge in [-0.25, -0.2) is 0 Å². The van der Waals surface area contributed by atoms with E-state index in [1.165, 1.54) is 63.4 Å². The molecule has 5 rings (SSSR count). The van der Waals surface area contributed by atoms with Crippen molar-refractivity contribution in [3.63, 3.8) is 0 Å². The summed E-state index contributed by atoms with van der Waals surface area (Å²) in [5.41, 5.74) is 4.09. The number of benzene rings is 1. The fraction of sp³-hybridized carbons (Fsp3) is 0.733. The molecule has 1 heteroatoms. The highest BCUT2D eigenvalue weighted by atomic mass is 16.5. The zero-order valence-corrected chi connectivity index (χ0v) is 20.4. The smallest absolute Gasteiger partial charge is 0.0720 e. The molecule has 0 saturated heterocycles. The highest BCUT2D eigenvalue weighted by molar-refractivity contribution is 5.25. The first-order valence-electron chi connectivity index (χ1n) is 13.3. The van der Waals surface area contributed by atoms with Crippen molar-refractivity contribution in [1.29, 1.82) is 0 Å². The zero-order chi connectivity index (χ0) is 21.6. The van der Waals surface area contributed by atoms with Gasteiger partial charge in [-0.15, -0.1) is 0 Å². The predicted molar refractivity (Wildman–Crippen MR) is 130 cm³/mol. The maximum Gasteiger partial charge on any atom is 0.0720 e. The second kappa shape index (κ2) is 8.36. The van der Waals surface area contributed by atoms with Gasteiger partial charge in [0.1, 0.15) is 0 Å². The Bertz CT molecular complexity index is 796. The minimum absolute atomic E-state index is 0.409. The molecule has 0 amide bonds. The van der Waals surface area contributed by atoms with Crippen molar-refractivity contribution < 1.29 is 4.74 Å². The molecule has 4 aliphatic rings. The van der Waals surface area contributed by atoms with E-state index >= 15 is 0 Å². The fourth-order valence-corrected chi connectivity index (χ4v) is 8.82. The van der Waals surface area contributed by atoms with Gasteiger partial charge in [-0.3, -0.25) is 0 Å².